The Morgan fingerprint density at radius 2 is 2.12 bits per heavy atom. The molecule has 1 aromatic rings. The molecule has 0 radical (unpaired) electrons. The van der Waals surface area contributed by atoms with Crippen LogP contribution in [0.5, 0.6) is 0 Å². The summed E-state index contributed by atoms with van der Waals surface area (Å²) < 4.78 is 9.97. The fraction of sp³-hybridized carbons (Fsp3) is 0.364. The highest BCUT2D eigenvalue weighted by Crippen LogP contribution is 2.13. The van der Waals surface area contributed by atoms with Crippen LogP contribution in [0.1, 0.15) is 24.3 Å². The topological polar surface area (TPSA) is 60.5 Å². The fourth-order valence-electron chi connectivity index (χ4n) is 1.15. The van der Waals surface area contributed by atoms with Gasteiger partial charge >= 0.3 is 5.97 Å². The van der Waals surface area contributed by atoms with Crippen LogP contribution in [0.25, 0.3) is 0 Å². The number of hydrogen-bond acceptors (Lipinski definition) is 5. The number of esters is 1. The molecule has 0 saturated carbocycles. The molecule has 0 aliphatic rings. The van der Waals surface area contributed by atoms with Gasteiger partial charge < -0.3 is 14.8 Å². The summed E-state index contributed by atoms with van der Waals surface area (Å²) in [5.41, 5.74) is 0.667. The Bertz CT molecular complexity index is 409. The monoisotopic (exact) mass is 254 g/mol. The van der Waals surface area contributed by atoms with E-state index in [9.17, 15) is 4.79 Å². The molecule has 92 valence electrons. The molecule has 0 spiro atoms. The molecule has 17 heavy (non-hydrogen) atoms. The van der Waals surface area contributed by atoms with E-state index in [4.69, 9.17) is 21.7 Å². The summed E-state index contributed by atoms with van der Waals surface area (Å²) in [6, 6.07) is 3.38. The van der Waals surface area contributed by atoms with Crippen molar-refractivity contribution >= 4 is 29.0 Å². The van der Waals surface area contributed by atoms with Crippen LogP contribution in [-0.2, 0) is 9.47 Å². The molecule has 1 heterocycles. The number of thiocarbonyl (C=S) groups is 1. The number of nitrogens with zero attached hydrogens (tertiary/aromatic N) is 1. The van der Waals surface area contributed by atoms with Crippen molar-refractivity contribution in [3.8, 4) is 0 Å². The van der Waals surface area contributed by atoms with Gasteiger partial charge in [0.25, 0.3) is 5.17 Å². The Balaban J connectivity index is 2.84. The number of aromatic nitrogens is 1. The minimum atomic E-state index is -0.491. The molecule has 6 heteroatoms. The molecular formula is C11H14N2O3S. The van der Waals surface area contributed by atoms with Crippen LogP contribution in [0.3, 0.4) is 0 Å². The zero-order valence-electron chi connectivity index (χ0n) is 9.73. The second kappa shape index (κ2) is 6.80. The maximum atomic E-state index is 11.6. The summed E-state index contributed by atoms with van der Waals surface area (Å²) in [5.74, 6) is -0.491. The Morgan fingerprint density at radius 3 is 2.76 bits per heavy atom. The molecule has 1 rings (SSSR count). The van der Waals surface area contributed by atoms with E-state index >= 15 is 0 Å². The SMILES string of the molecule is CCOC(=O)c1ncccc1NC(=S)OCC. The van der Waals surface area contributed by atoms with Crippen molar-refractivity contribution in [2.24, 2.45) is 0 Å². The van der Waals surface area contributed by atoms with Gasteiger partial charge in [0.1, 0.15) is 0 Å². The highest BCUT2D eigenvalue weighted by atomic mass is 32.1. The molecule has 0 bridgehead atoms. The largest absolute Gasteiger partial charge is 0.471 e. The quantitative estimate of drug-likeness (QED) is 0.655. The van der Waals surface area contributed by atoms with E-state index in [2.05, 4.69) is 10.3 Å². The van der Waals surface area contributed by atoms with Crippen molar-refractivity contribution in [2.45, 2.75) is 13.8 Å². The molecule has 0 saturated heterocycles. The van der Waals surface area contributed by atoms with E-state index in [1.165, 1.54) is 6.20 Å². The van der Waals surface area contributed by atoms with Gasteiger partial charge in [0.2, 0.25) is 0 Å². The number of carbonyl (C=O) groups is 1. The van der Waals surface area contributed by atoms with Gasteiger partial charge in [0.15, 0.2) is 5.69 Å². The fourth-order valence-corrected chi connectivity index (χ4v) is 1.37. The summed E-state index contributed by atoms with van der Waals surface area (Å²) in [6.07, 6.45) is 1.52. The summed E-state index contributed by atoms with van der Waals surface area (Å²) in [6.45, 7) is 4.31. The van der Waals surface area contributed by atoms with Crippen LogP contribution < -0.4 is 5.32 Å². The molecule has 1 aromatic heterocycles. The normalized spacial score (nSPS) is 9.53. The molecule has 0 aliphatic carbocycles. The zero-order valence-corrected chi connectivity index (χ0v) is 10.5. The van der Waals surface area contributed by atoms with Gasteiger partial charge in [-0.25, -0.2) is 9.78 Å². The number of anilines is 1. The van der Waals surface area contributed by atoms with Gasteiger partial charge in [-0.3, -0.25) is 0 Å². The third-order valence-electron chi connectivity index (χ3n) is 1.79. The molecule has 0 aromatic carbocycles. The number of pyridine rings is 1. The maximum Gasteiger partial charge on any atom is 0.359 e. The maximum absolute atomic E-state index is 11.6. The average Bonchev–Trinajstić information content (AvgIpc) is 2.30. The minimum Gasteiger partial charge on any atom is -0.471 e. The third-order valence-corrected chi connectivity index (χ3v) is 2.01. The Labute approximate surface area is 105 Å². The van der Waals surface area contributed by atoms with Gasteiger partial charge in [-0.1, -0.05) is 0 Å². The lowest BCUT2D eigenvalue weighted by atomic mass is 10.3. The zero-order chi connectivity index (χ0) is 12.7. The summed E-state index contributed by atoms with van der Waals surface area (Å²) in [4.78, 5) is 15.6. The van der Waals surface area contributed by atoms with Crippen LogP contribution in [0.2, 0.25) is 0 Å². The first kappa shape index (κ1) is 13.4. The van der Waals surface area contributed by atoms with Crippen LogP contribution in [0, 0.1) is 0 Å². The van der Waals surface area contributed by atoms with Gasteiger partial charge in [0, 0.05) is 6.20 Å². The lowest BCUT2D eigenvalue weighted by molar-refractivity contribution is 0.0521. The van der Waals surface area contributed by atoms with Crippen molar-refractivity contribution in [1.29, 1.82) is 0 Å². The van der Waals surface area contributed by atoms with Gasteiger partial charge in [-0.15, -0.1) is 0 Å². The first-order chi connectivity index (χ1) is 8.19. The van der Waals surface area contributed by atoms with Gasteiger partial charge in [-0.2, -0.15) is 0 Å². The van der Waals surface area contributed by atoms with E-state index in [1.54, 1.807) is 19.1 Å². The summed E-state index contributed by atoms with van der Waals surface area (Å²) in [7, 11) is 0. The standard InChI is InChI=1S/C11H14N2O3S/c1-3-15-10(14)9-8(6-5-7-12-9)13-11(17)16-4-2/h5-7H,3-4H2,1-2H3,(H,13,17). The second-order valence-electron chi connectivity index (χ2n) is 2.97. The number of hydrogen-bond donors (Lipinski definition) is 1. The predicted molar refractivity (Wildman–Crippen MR) is 68.0 cm³/mol. The van der Waals surface area contributed by atoms with Crippen molar-refractivity contribution in [3.05, 3.63) is 24.0 Å². The van der Waals surface area contributed by atoms with Gasteiger partial charge in [-0.05, 0) is 38.2 Å². The molecule has 0 fully saturated rings. The highest BCUT2D eigenvalue weighted by molar-refractivity contribution is 7.80. The number of carbonyl (C=O) groups excluding carboxylic acids is 1. The number of nitrogens with one attached hydrogen (secondary N) is 1. The number of ether oxygens (including phenoxy) is 2. The van der Waals surface area contributed by atoms with Crippen LogP contribution in [0.15, 0.2) is 18.3 Å². The van der Waals surface area contributed by atoms with E-state index in [1.807, 2.05) is 6.92 Å². The summed E-state index contributed by atoms with van der Waals surface area (Å²) >= 11 is 4.93. The van der Waals surface area contributed by atoms with Crippen molar-refractivity contribution < 1.29 is 14.3 Å². The summed E-state index contributed by atoms with van der Waals surface area (Å²) in [5, 5.41) is 3.00. The molecule has 0 amide bonds. The van der Waals surface area contributed by atoms with Crippen molar-refractivity contribution in [2.75, 3.05) is 18.5 Å². The predicted octanol–water partition coefficient (Wildman–Crippen LogP) is 1.99. The molecule has 0 unspecified atom stereocenters. The minimum absolute atomic E-state index is 0.191. The average molecular weight is 254 g/mol. The van der Waals surface area contributed by atoms with E-state index in [0.29, 0.717) is 18.9 Å². The van der Waals surface area contributed by atoms with Crippen LogP contribution in [0.4, 0.5) is 5.69 Å². The Morgan fingerprint density at radius 1 is 1.41 bits per heavy atom. The Kier molecular flexibility index (Phi) is 5.35. The first-order valence-electron chi connectivity index (χ1n) is 5.25. The van der Waals surface area contributed by atoms with E-state index < -0.39 is 5.97 Å². The first-order valence-corrected chi connectivity index (χ1v) is 5.65. The smallest absolute Gasteiger partial charge is 0.359 e. The van der Waals surface area contributed by atoms with Crippen molar-refractivity contribution in [3.63, 3.8) is 0 Å². The molecule has 0 aliphatic heterocycles. The highest BCUT2D eigenvalue weighted by Gasteiger charge is 2.14. The van der Waals surface area contributed by atoms with E-state index in [-0.39, 0.29) is 10.9 Å². The lowest BCUT2D eigenvalue weighted by Gasteiger charge is -2.10. The molecule has 0 atom stereocenters. The molecule has 1 N–H and O–H groups in total. The second-order valence-corrected chi connectivity index (χ2v) is 3.34. The lowest BCUT2D eigenvalue weighted by Crippen LogP contribution is -2.17. The number of rotatable bonds is 4. The van der Waals surface area contributed by atoms with Gasteiger partial charge in [0.05, 0.1) is 18.9 Å². The van der Waals surface area contributed by atoms with E-state index in [0.717, 1.165) is 0 Å². The molecule has 5 nitrogen and oxygen atoms in total. The Hall–Kier alpha value is -1.69. The van der Waals surface area contributed by atoms with Crippen LogP contribution >= 0.6 is 12.2 Å². The van der Waals surface area contributed by atoms with Crippen LogP contribution in [-0.4, -0.2) is 29.3 Å². The van der Waals surface area contributed by atoms with Crippen molar-refractivity contribution in [1.82, 2.24) is 4.98 Å². The molecular weight excluding hydrogens is 240 g/mol. The third kappa shape index (κ3) is 3.99.